The van der Waals surface area contributed by atoms with Gasteiger partial charge in [0.05, 0.1) is 23.0 Å². The van der Waals surface area contributed by atoms with Crippen molar-refractivity contribution in [3.05, 3.63) is 64.2 Å². The summed E-state index contributed by atoms with van der Waals surface area (Å²) in [5, 5.41) is 15.8. The van der Waals surface area contributed by atoms with Crippen molar-refractivity contribution >= 4 is 56.5 Å². The lowest BCUT2D eigenvalue weighted by Crippen LogP contribution is -2.61. The normalized spacial score (nSPS) is 16.0. The minimum atomic E-state index is -1.14. The third kappa shape index (κ3) is 6.11. The highest BCUT2D eigenvalue weighted by atomic mass is 79.9. The SMILES string of the molecule is CCOc1nc(NC(=O)C2(NC(=O)c3ccc4c(C5CCCC5)c(-c5ncc(Br)cn5)n(C)c4c3)CCC2)cnc1/C=C/C(=O)O. The molecule has 0 unspecified atom stereocenters. The van der Waals surface area contributed by atoms with Gasteiger partial charge in [0.1, 0.15) is 11.2 Å². The molecule has 3 aromatic heterocycles. The van der Waals surface area contributed by atoms with Crippen molar-refractivity contribution in [3.8, 4) is 17.4 Å². The van der Waals surface area contributed by atoms with Crippen LogP contribution in [0.15, 0.2) is 47.3 Å². The Labute approximate surface area is 273 Å². The van der Waals surface area contributed by atoms with Crippen molar-refractivity contribution in [1.29, 1.82) is 0 Å². The van der Waals surface area contributed by atoms with Crippen LogP contribution in [0, 0.1) is 0 Å². The molecule has 13 heteroatoms. The van der Waals surface area contributed by atoms with Gasteiger partial charge in [-0.25, -0.2) is 19.7 Å². The first-order valence-corrected chi connectivity index (χ1v) is 16.1. The fourth-order valence-corrected chi connectivity index (χ4v) is 6.56. The molecule has 6 rings (SSSR count). The van der Waals surface area contributed by atoms with E-state index in [9.17, 15) is 14.4 Å². The summed E-state index contributed by atoms with van der Waals surface area (Å²) in [6.45, 7) is 2.03. The standard InChI is InChI=1S/C33H34BrN7O5/c1-3-46-31-23(11-12-26(42)43)35-18-25(38-31)39-32(45)33(13-6-14-33)40-30(44)20-9-10-22-24(15-20)41(2)28(27(22)19-7-4-5-8-19)29-36-16-21(34)17-37-29/h9-12,15-19H,3-8,13-14H2,1-2H3,(H,40,44)(H,42,43)(H,38,39,45)/b12-11+. The lowest BCUT2D eigenvalue weighted by molar-refractivity contribution is -0.131. The quantitative estimate of drug-likeness (QED) is 0.179. The molecule has 4 aromatic rings. The molecule has 12 nitrogen and oxygen atoms in total. The Balaban J connectivity index is 1.26. The maximum absolute atomic E-state index is 13.7. The minimum Gasteiger partial charge on any atom is -0.478 e. The van der Waals surface area contributed by atoms with Gasteiger partial charge >= 0.3 is 5.97 Å². The van der Waals surface area contributed by atoms with Crippen molar-refractivity contribution < 1.29 is 24.2 Å². The zero-order chi connectivity index (χ0) is 32.4. The summed E-state index contributed by atoms with van der Waals surface area (Å²) >= 11 is 3.43. The zero-order valence-electron chi connectivity index (χ0n) is 25.5. The number of nitrogens with zero attached hydrogens (tertiary/aromatic N) is 5. The van der Waals surface area contributed by atoms with Crippen molar-refractivity contribution in [1.82, 2.24) is 29.8 Å². The average Bonchev–Trinajstić information content (AvgIpc) is 3.65. The van der Waals surface area contributed by atoms with Crippen LogP contribution < -0.4 is 15.4 Å². The number of fused-ring (bicyclic) bond motifs is 1. The summed E-state index contributed by atoms with van der Waals surface area (Å²) in [6, 6.07) is 5.69. The van der Waals surface area contributed by atoms with E-state index in [4.69, 9.17) is 9.84 Å². The topological polar surface area (TPSA) is 161 Å². The third-order valence-corrected chi connectivity index (χ3v) is 9.18. The molecule has 2 aliphatic carbocycles. The van der Waals surface area contributed by atoms with E-state index < -0.39 is 17.4 Å². The van der Waals surface area contributed by atoms with E-state index in [-0.39, 0.29) is 29.9 Å². The van der Waals surface area contributed by atoms with Crippen LogP contribution in [0.25, 0.3) is 28.5 Å². The highest BCUT2D eigenvalue weighted by molar-refractivity contribution is 9.10. The van der Waals surface area contributed by atoms with Crippen LogP contribution in [0.1, 0.15) is 79.4 Å². The number of nitrogens with one attached hydrogen (secondary N) is 2. The summed E-state index contributed by atoms with van der Waals surface area (Å²) in [6.07, 6.45) is 13.3. The van der Waals surface area contributed by atoms with Gasteiger partial charge < -0.3 is 25.0 Å². The number of aryl methyl sites for hydroxylation is 1. The van der Waals surface area contributed by atoms with Gasteiger partial charge in [0.2, 0.25) is 5.88 Å². The van der Waals surface area contributed by atoms with Crippen molar-refractivity contribution in [2.45, 2.75) is 63.3 Å². The molecule has 0 radical (unpaired) electrons. The second-order valence-corrected chi connectivity index (χ2v) is 12.6. The van der Waals surface area contributed by atoms with Gasteiger partial charge in [-0.05, 0) is 84.6 Å². The van der Waals surface area contributed by atoms with E-state index >= 15 is 0 Å². The predicted octanol–water partition coefficient (Wildman–Crippen LogP) is 5.63. The number of carboxylic acids is 1. The van der Waals surface area contributed by atoms with E-state index in [1.807, 2.05) is 25.2 Å². The van der Waals surface area contributed by atoms with Gasteiger partial charge in [-0.2, -0.15) is 4.98 Å². The number of carbonyl (C=O) groups excluding carboxylic acids is 2. The van der Waals surface area contributed by atoms with E-state index in [1.54, 1.807) is 19.3 Å². The Bertz CT molecular complexity index is 1840. The van der Waals surface area contributed by atoms with E-state index in [2.05, 4.69) is 51.1 Å². The van der Waals surface area contributed by atoms with Crippen molar-refractivity contribution in [2.24, 2.45) is 7.05 Å². The predicted molar refractivity (Wildman–Crippen MR) is 175 cm³/mol. The molecule has 0 bridgehead atoms. The number of carboxylic acid groups (broad SMARTS) is 1. The molecular weight excluding hydrogens is 654 g/mol. The molecule has 3 heterocycles. The van der Waals surface area contributed by atoms with E-state index in [1.165, 1.54) is 30.7 Å². The average molecular weight is 689 g/mol. The minimum absolute atomic E-state index is 0.0882. The number of benzene rings is 1. The maximum atomic E-state index is 13.7. The second kappa shape index (κ2) is 13.0. The highest BCUT2D eigenvalue weighted by Gasteiger charge is 2.46. The number of anilines is 1. The number of carbonyl (C=O) groups is 3. The molecule has 3 N–H and O–H groups in total. The van der Waals surface area contributed by atoms with Crippen molar-refractivity contribution in [3.63, 3.8) is 0 Å². The maximum Gasteiger partial charge on any atom is 0.328 e. The lowest BCUT2D eigenvalue weighted by Gasteiger charge is -2.40. The molecular formula is C33H34BrN7O5. The van der Waals surface area contributed by atoms with Gasteiger partial charge in [0, 0.05) is 42.0 Å². The Morgan fingerprint density at radius 3 is 2.50 bits per heavy atom. The first-order chi connectivity index (χ1) is 22.2. The summed E-state index contributed by atoms with van der Waals surface area (Å²) in [7, 11) is 1.98. The molecule has 0 spiro atoms. The number of aliphatic carboxylic acids is 1. The molecule has 46 heavy (non-hydrogen) atoms. The van der Waals surface area contributed by atoms with Gasteiger partial charge in [0.25, 0.3) is 11.8 Å². The Morgan fingerprint density at radius 1 is 1.11 bits per heavy atom. The van der Waals surface area contributed by atoms with Crippen LogP contribution in [0.4, 0.5) is 5.82 Å². The Kier molecular flexibility index (Phi) is 8.85. The first-order valence-electron chi connectivity index (χ1n) is 15.3. The van der Waals surface area contributed by atoms with Gasteiger partial charge in [-0.15, -0.1) is 0 Å². The van der Waals surface area contributed by atoms with E-state index in [0.717, 1.165) is 46.4 Å². The third-order valence-electron chi connectivity index (χ3n) is 8.77. The molecule has 0 atom stereocenters. The van der Waals surface area contributed by atoms with Crippen LogP contribution in [-0.4, -0.2) is 59.5 Å². The molecule has 238 valence electrons. The number of ether oxygens (including phenoxy) is 1. The summed E-state index contributed by atoms with van der Waals surface area (Å²) in [5.74, 6) is -0.640. The number of hydrogen-bond donors (Lipinski definition) is 3. The molecule has 2 saturated carbocycles. The fraction of sp³-hybridized carbons (Fsp3) is 0.364. The molecule has 0 aliphatic heterocycles. The number of amides is 2. The number of halogens is 1. The molecule has 1 aromatic carbocycles. The van der Waals surface area contributed by atoms with Gasteiger partial charge in [-0.3, -0.25) is 9.59 Å². The van der Waals surface area contributed by atoms with Crippen LogP contribution in [0.2, 0.25) is 0 Å². The monoisotopic (exact) mass is 687 g/mol. The molecule has 0 saturated heterocycles. The fourth-order valence-electron chi connectivity index (χ4n) is 6.35. The summed E-state index contributed by atoms with van der Waals surface area (Å²) < 4.78 is 8.38. The van der Waals surface area contributed by atoms with Crippen LogP contribution >= 0.6 is 15.9 Å². The second-order valence-electron chi connectivity index (χ2n) is 11.7. The Hall–Kier alpha value is -4.65. The van der Waals surface area contributed by atoms with Gasteiger partial charge in [-0.1, -0.05) is 18.9 Å². The van der Waals surface area contributed by atoms with Gasteiger partial charge in [0.15, 0.2) is 11.6 Å². The Morgan fingerprint density at radius 2 is 1.85 bits per heavy atom. The van der Waals surface area contributed by atoms with E-state index in [0.29, 0.717) is 30.1 Å². The number of hydrogen-bond acceptors (Lipinski definition) is 8. The van der Waals surface area contributed by atoms with Crippen LogP contribution in [0.5, 0.6) is 5.88 Å². The molecule has 2 aliphatic rings. The number of rotatable bonds is 10. The smallest absolute Gasteiger partial charge is 0.328 e. The van der Waals surface area contributed by atoms with Crippen LogP contribution in [0.3, 0.4) is 0 Å². The molecule has 2 fully saturated rings. The summed E-state index contributed by atoms with van der Waals surface area (Å²) in [5.41, 5.74) is 2.63. The van der Waals surface area contributed by atoms with Crippen LogP contribution in [-0.2, 0) is 16.6 Å². The first kappa shape index (κ1) is 31.3. The largest absolute Gasteiger partial charge is 0.478 e. The van der Waals surface area contributed by atoms with Crippen molar-refractivity contribution in [2.75, 3.05) is 11.9 Å². The lowest BCUT2D eigenvalue weighted by atomic mass is 9.75. The summed E-state index contributed by atoms with van der Waals surface area (Å²) in [4.78, 5) is 55.9. The highest BCUT2D eigenvalue weighted by Crippen LogP contribution is 2.44. The number of aromatic nitrogens is 5. The zero-order valence-corrected chi connectivity index (χ0v) is 27.1. The molecule has 2 amide bonds.